The van der Waals surface area contributed by atoms with Crippen molar-refractivity contribution in [3.05, 3.63) is 65.5 Å². The van der Waals surface area contributed by atoms with Gasteiger partial charge in [-0.25, -0.2) is 4.39 Å². The van der Waals surface area contributed by atoms with Gasteiger partial charge in [0.05, 0.1) is 6.04 Å². The van der Waals surface area contributed by atoms with Crippen molar-refractivity contribution in [2.45, 2.75) is 19.4 Å². The summed E-state index contributed by atoms with van der Waals surface area (Å²) in [6.07, 6.45) is 0.316. The molecule has 0 aliphatic rings. The first-order valence-corrected chi connectivity index (χ1v) is 6.64. The molecule has 110 valence electrons. The van der Waals surface area contributed by atoms with Crippen molar-refractivity contribution in [1.82, 2.24) is 0 Å². The van der Waals surface area contributed by atoms with E-state index >= 15 is 0 Å². The Morgan fingerprint density at radius 3 is 2.67 bits per heavy atom. The Morgan fingerprint density at radius 1 is 1.29 bits per heavy atom. The van der Waals surface area contributed by atoms with Crippen LogP contribution in [0.25, 0.3) is 0 Å². The van der Waals surface area contributed by atoms with E-state index in [2.05, 4.69) is 10.5 Å². The van der Waals surface area contributed by atoms with Crippen LogP contribution < -0.4 is 11.1 Å². The summed E-state index contributed by atoms with van der Waals surface area (Å²) in [5, 5.41) is 15.0. The standard InChI is InChI=1S/C16H18FN3O/c1-11-7-8-13(17)9-14(11)19-15(10-16(18)20-21)12-5-3-2-4-6-12/h2-9,15,19,21H,10H2,1H3,(H2,18,20). The largest absolute Gasteiger partial charge is 0.409 e. The summed E-state index contributed by atoms with van der Waals surface area (Å²) >= 11 is 0. The minimum atomic E-state index is -0.307. The average molecular weight is 287 g/mol. The van der Waals surface area contributed by atoms with Crippen LogP contribution in [0, 0.1) is 12.7 Å². The molecule has 0 saturated carbocycles. The third-order valence-corrected chi connectivity index (χ3v) is 3.27. The molecule has 0 radical (unpaired) electrons. The van der Waals surface area contributed by atoms with Crippen molar-refractivity contribution >= 4 is 11.5 Å². The van der Waals surface area contributed by atoms with E-state index < -0.39 is 0 Å². The fraction of sp³-hybridized carbons (Fsp3) is 0.188. The summed E-state index contributed by atoms with van der Waals surface area (Å²) in [6, 6.07) is 14.0. The zero-order valence-corrected chi connectivity index (χ0v) is 11.8. The normalized spacial score (nSPS) is 13.0. The van der Waals surface area contributed by atoms with Crippen LogP contribution in [0.3, 0.4) is 0 Å². The molecule has 5 heteroatoms. The number of nitrogens with zero attached hydrogens (tertiary/aromatic N) is 1. The van der Waals surface area contributed by atoms with Crippen LogP contribution >= 0.6 is 0 Å². The van der Waals surface area contributed by atoms with Crippen molar-refractivity contribution in [2.24, 2.45) is 10.9 Å². The van der Waals surface area contributed by atoms with Gasteiger partial charge in [-0.15, -0.1) is 0 Å². The molecule has 0 heterocycles. The summed E-state index contributed by atoms with van der Waals surface area (Å²) in [6.45, 7) is 1.90. The lowest BCUT2D eigenvalue weighted by molar-refractivity contribution is 0.316. The van der Waals surface area contributed by atoms with Crippen LogP contribution in [0.1, 0.15) is 23.6 Å². The van der Waals surface area contributed by atoms with Crippen LogP contribution in [0.5, 0.6) is 0 Å². The van der Waals surface area contributed by atoms with Gasteiger partial charge < -0.3 is 16.3 Å². The first-order valence-electron chi connectivity index (χ1n) is 6.64. The smallest absolute Gasteiger partial charge is 0.141 e. The number of oxime groups is 1. The molecule has 0 spiro atoms. The highest BCUT2D eigenvalue weighted by Gasteiger charge is 2.14. The number of hydrogen-bond acceptors (Lipinski definition) is 3. The van der Waals surface area contributed by atoms with E-state index in [1.54, 1.807) is 6.07 Å². The Balaban J connectivity index is 2.29. The molecule has 1 atom stereocenters. The number of aryl methyl sites for hydroxylation is 1. The molecule has 21 heavy (non-hydrogen) atoms. The highest BCUT2D eigenvalue weighted by molar-refractivity contribution is 5.81. The lowest BCUT2D eigenvalue weighted by atomic mass is 10.0. The molecular weight excluding hydrogens is 269 g/mol. The van der Waals surface area contributed by atoms with Gasteiger partial charge in [-0.05, 0) is 30.2 Å². The summed E-state index contributed by atoms with van der Waals surface area (Å²) < 4.78 is 13.4. The third kappa shape index (κ3) is 3.95. The zero-order valence-electron chi connectivity index (χ0n) is 11.8. The van der Waals surface area contributed by atoms with Crippen LogP contribution in [0.15, 0.2) is 53.7 Å². The Kier molecular flexibility index (Phi) is 4.77. The van der Waals surface area contributed by atoms with E-state index in [1.165, 1.54) is 12.1 Å². The summed E-state index contributed by atoms with van der Waals surface area (Å²) in [5.74, 6) is -0.191. The van der Waals surface area contributed by atoms with Gasteiger partial charge >= 0.3 is 0 Å². The predicted molar refractivity (Wildman–Crippen MR) is 82.0 cm³/mol. The number of anilines is 1. The number of benzene rings is 2. The molecule has 1 unspecified atom stereocenters. The van der Waals surface area contributed by atoms with E-state index in [4.69, 9.17) is 10.9 Å². The second-order valence-electron chi connectivity index (χ2n) is 4.86. The Morgan fingerprint density at radius 2 is 2.00 bits per heavy atom. The van der Waals surface area contributed by atoms with Gasteiger partial charge in [0.15, 0.2) is 0 Å². The Hall–Kier alpha value is -2.56. The molecule has 2 aromatic carbocycles. The molecule has 4 nitrogen and oxygen atoms in total. The fourth-order valence-electron chi connectivity index (χ4n) is 2.12. The lowest BCUT2D eigenvalue weighted by Gasteiger charge is -2.21. The molecule has 2 aromatic rings. The monoisotopic (exact) mass is 287 g/mol. The average Bonchev–Trinajstić information content (AvgIpc) is 2.51. The summed E-state index contributed by atoms with van der Waals surface area (Å²) in [4.78, 5) is 0. The Bertz CT molecular complexity index is 629. The van der Waals surface area contributed by atoms with Crippen LogP contribution in [0.2, 0.25) is 0 Å². The first kappa shape index (κ1) is 14.8. The van der Waals surface area contributed by atoms with E-state index in [0.717, 1.165) is 11.1 Å². The molecule has 0 fully saturated rings. The number of amidine groups is 1. The van der Waals surface area contributed by atoms with E-state index in [0.29, 0.717) is 12.1 Å². The molecular formula is C16H18FN3O. The number of hydrogen-bond donors (Lipinski definition) is 3. The van der Waals surface area contributed by atoms with Crippen molar-refractivity contribution in [2.75, 3.05) is 5.32 Å². The number of nitrogens with one attached hydrogen (secondary N) is 1. The molecule has 2 rings (SSSR count). The zero-order chi connectivity index (χ0) is 15.2. The fourth-order valence-corrected chi connectivity index (χ4v) is 2.12. The summed E-state index contributed by atoms with van der Waals surface area (Å²) in [7, 11) is 0. The predicted octanol–water partition coefficient (Wildman–Crippen LogP) is 3.42. The maximum atomic E-state index is 13.4. The first-order chi connectivity index (χ1) is 10.1. The molecule has 4 N–H and O–H groups in total. The van der Waals surface area contributed by atoms with Crippen LogP contribution in [0.4, 0.5) is 10.1 Å². The number of nitrogens with two attached hydrogens (primary N) is 1. The van der Waals surface area contributed by atoms with Gasteiger partial charge in [0, 0.05) is 12.1 Å². The van der Waals surface area contributed by atoms with Crippen molar-refractivity contribution in [1.29, 1.82) is 0 Å². The molecule has 0 aliphatic carbocycles. The number of halogens is 1. The Labute approximate surface area is 123 Å². The SMILES string of the molecule is Cc1ccc(F)cc1NC(CC(N)=NO)c1ccccc1. The van der Waals surface area contributed by atoms with Gasteiger partial charge in [-0.1, -0.05) is 41.6 Å². The maximum absolute atomic E-state index is 13.4. The minimum Gasteiger partial charge on any atom is -0.409 e. The highest BCUT2D eigenvalue weighted by Crippen LogP contribution is 2.25. The van der Waals surface area contributed by atoms with Crippen molar-refractivity contribution in [3.63, 3.8) is 0 Å². The van der Waals surface area contributed by atoms with Gasteiger partial charge in [-0.3, -0.25) is 0 Å². The third-order valence-electron chi connectivity index (χ3n) is 3.27. The molecule has 0 bridgehead atoms. The van der Waals surface area contributed by atoms with E-state index in [1.807, 2.05) is 37.3 Å². The number of rotatable bonds is 5. The van der Waals surface area contributed by atoms with E-state index in [9.17, 15) is 4.39 Å². The second kappa shape index (κ2) is 6.74. The highest BCUT2D eigenvalue weighted by atomic mass is 19.1. The summed E-state index contributed by atoms with van der Waals surface area (Å²) in [5.41, 5.74) is 8.22. The second-order valence-corrected chi connectivity index (χ2v) is 4.86. The van der Waals surface area contributed by atoms with Crippen LogP contribution in [-0.4, -0.2) is 11.0 Å². The van der Waals surface area contributed by atoms with Gasteiger partial charge in [0.1, 0.15) is 11.7 Å². The van der Waals surface area contributed by atoms with Gasteiger partial charge in [0.25, 0.3) is 0 Å². The molecule has 0 saturated heterocycles. The quantitative estimate of drug-likeness (QED) is 0.341. The molecule has 0 aliphatic heterocycles. The van der Waals surface area contributed by atoms with Crippen molar-refractivity contribution in [3.8, 4) is 0 Å². The van der Waals surface area contributed by atoms with Crippen molar-refractivity contribution < 1.29 is 9.60 Å². The topological polar surface area (TPSA) is 70.6 Å². The van der Waals surface area contributed by atoms with E-state index in [-0.39, 0.29) is 17.7 Å². The lowest BCUT2D eigenvalue weighted by Crippen LogP contribution is -2.21. The maximum Gasteiger partial charge on any atom is 0.141 e. The van der Waals surface area contributed by atoms with Gasteiger partial charge in [-0.2, -0.15) is 0 Å². The van der Waals surface area contributed by atoms with Crippen LogP contribution in [-0.2, 0) is 0 Å². The molecule has 0 aromatic heterocycles. The minimum absolute atomic E-state index is 0.116. The molecule has 0 amide bonds. The van der Waals surface area contributed by atoms with Gasteiger partial charge in [0.2, 0.25) is 0 Å².